The van der Waals surface area contributed by atoms with E-state index in [9.17, 15) is 18.0 Å². The van der Waals surface area contributed by atoms with E-state index in [1.165, 1.54) is 32.4 Å². The van der Waals surface area contributed by atoms with Gasteiger partial charge in [-0.15, -0.1) is 0 Å². The molecule has 38 heavy (non-hydrogen) atoms. The fourth-order valence-corrected chi connectivity index (χ4v) is 4.98. The largest absolute Gasteiger partial charge is 0.497 e. The van der Waals surface area contributed by atoms with Crippen LogP contribution in [0.3, 0.4) is 0 Å². The Labute approximate surface area is 219 Å². The highest BCUT2D eigenvalue weighted by molar-refractivity contribution is 6.20. The van der Waals surface area contributed by atoms with Gasteiger partial charge in [0, 0.05) is 17.7 Å². The van der Waals surface area contributed by atoms with Crippen LogP contribution in [0.15, 0.2) is 66.7 Å². The normalized spacial score (nSPS) is 14.0. The number of halogens is 3. The molecular weight excluding hydrogens is 491 g/mol. The Morgan fingerprint density at radius 1 is 0.842 bits per heavy atom. The lowest BCUT2D eigenvalue weighted by Crippen LogP contribution is -2.33. The maximum Gasteiger partial charge on any atom is 0.194 e. The van der Waals surface area contributed by atoms with Crippen LogP contribution in [0.4, 0.5) is 13.2 Å². The predicted molar refractivity (Wildman–Crippen MR) is 141 cm³/mol. The zero-order valence-corrected chi connectivity index (χ0v) is 21.1. The van der Waals surface area contributed by atoms with Crippen LogP contribution < -0.4 is 9.47 Å². The zero-order valence-electron chi connectivity index (χ0n) is 21.1. The number of nitrogens with zero attached hydrogens (tertiary/aromatic N) is 1. The van der Waals surface area contributed by atoms with Gasteiger partial charge >= 0.3 is 0 Å². The Morgan fingerprint density at radius 3 is 2.29 bits per heavy atom. The molecule has 0 unspecified atom stereocenters. The molecular formula is C31H28F3NO3. The van der Waals surface area contributed by atoms with Crippen LogP contribution in [0.2, 0.25) is 0 Å². The van der Waals surface area contributed by atoms with Gasteiger partial charge in [0.25, 0.3) is 0 Å². The van der Waals surface area contributed by atoms with Crippen molar-refractivity contribution in [3.63, 3.8) is 0 Å². The first-order valence-electron chi connectivity index (χ1n) is 12.7. The first-order chi connectivity index (χ1) is 18.5. The highest BCUT2D eigenvalue weighted by Crippen LogP contribution is 2.37. The molecule has 0 saturated carbocycles. The summed E-state index contributed by atoms with van der Waals surface area (Å²) < 4.78 is 55.0. The van der Waals surface area contributed by atoms with Crippen molar-refractivity contribution in [3.8, 4) is 22.6 Å². The molecule has 4 aromatic rings. The number of benzene rings is 4. The molecule has 0 aliphatic carbocycles. The van der Waals surface area contributed by atoms with E-state index in [0.29, 0.717) is 34.4 Å². The van der Waals surface area contributed by atoms with Crippen LogP contribution >= 0.6 is 0 Å². The third kappa shape index (κ3) is 5.24. The summed E-state index contributed by atoms with van der Waals surface area (Å²) in [7, 11) is 1.52. The monoisotopic (exact) mass is 519 g/mol. The first kappa shape index (κ1) is 25.8. The van der Waals surface area contributed by atoms with Crippen molar-refractivity contribution in [1.82, 2.24) is 4.90 Å². The highest BCUT2D eigenvalue weighted by Gasteiger charge is 2.24. The highest BCUT2D eigenvalue weighted by atomic mass is 19.2. The second-order valence-corrected chi connectivity index (χ2v) is 9.40. The van der Waals surface area contributed by atoms with Crippen LogP contribution in [-0.2, 0) is 0 Å². The van der Waals surface area contributed by atoms with E-state index in [1.54, 1.807) is 48.5 Å². The Bertz CT molecular complexity index is 1460. The summed E-state index contributed by atoms with van der Waals surface area (Å²) in [5.41, 5.74) is -0.213. The number of piperidine rings is 1. The molecule has 0 bridgehead atoms. The number of carbonyl (C=O) groups is 1. The third-order valence-corrected chi connectivity index (χ3v) is 7.01. The van der Waals surface area contributed by atoms with Crippen molar-refractivity contribution in [1.29, 1.82) is 0 Å². The topological polar surface area (TPSA) is 38.8 Å². The number of hydrogen-bond acceptors (Lipinski definition) is 4. The van der Waals surface area contributed by atoms with Crippen molar-refractivity contribution in [2.75, 3.05) is 33.4 Å². The van der Waals surface area contributed by atoms with E-state index in [4.69, 9.17) is 9.47 Å². The number of rotatable bonds is 8. The van der Waals surface area contributed by atoms with Gasteiger partial charge in [0.1, 0.15) is 23.9 Å². The van der Waals surface area contributed by atoms with E-state index in [2.05, 4.69) is 4.90 Å². The quantitative estimate of drug-likeness (QED) is 0.185. The summed E-state index contributed by atoms with van der Waals surface area (Å²) in [6, 6.07) is 16.4. The molecule has 1 fully saturated rings. The SMILES string of the molecule is COc1ccc2c(C(=O)c3ccc(OCCN4CCCCC4)cc3)c(-c3c(F)ccc(F)c3F)ccc2c1. The standard InChI is InChI=1S/C31H28F3NO3/c1-37-23-10-12-24-21(19-23)7-11-25(29-26(32)13-14-27(33)30(29)34)28(24)31(36)20-5-8-22(9-6-20)38-18-17-35-15-3-2-4-16-35/h5-14,19H,2-4,15-18H2,1H3. The summed E-state index contributed by atoms with van der Waals surface area (Å²) in [4.78, 5) is 16.2. The Balaban J connectivity index is 1.49. The molecule has 4 aromatic carbocycles. The molecule has 0 radical (unpaired) electrons. The van der Waals surface area contributed by atoms with Gasteiger partial charge in [-0.2, -0.15) is 0 Å². The minimum absolute atomic E-state index is 0.0241. The minimum Gasteiger partial charge on any atom is -0.497 e. The number of likely N-dealkylation sites (tertiary alicyclic amines) is 1. The maximum atomic E-state index is 14.9. The smallest absolute Gasteiger partial charge is 0.194 e. The fourth-order valence-electron chi connectivity index (χ4n) is 4.98. The van der Waals surface area contributed by atoms with Crippen molar-refractivity contribution in [3.05, 3.63) is 95.3 Å². The minimum atomic E-state index is -1.34. The lowest BCUT2D eigenvalue weighted by atomic mass is 9.88. The van der Waals surface area contributed by atoms with E-state index in [0.717, 1.165) is 31.8 Å². The van der Waals surface area contributed by atoms with Crippen molar-refractivity contribution >= 4 is 16.6 Å². The Morgan fingerprint density at radius 2 is 1.55 bits per heavy atom. The molecule has 7 heteroatoms. The number of hydrogen-bond donors (Lipinski definition) is 0. The van der Waals surface area contributed by atoms with Crippen LogP contribution in [0.25, 0.3) is 21.9 Å². The third-order valence-electron chi connectivity index (χ3n) is 7.01. The van der Waals surface area contributed by atoms with Gasteiger partial charge in [-0.3, -0.25) is 9.69 Å². The number of methoxy groups -OCH3 is 1. The van der Waals surface area contributed by atoms with E-state index in [-0.39, 0.29) is 11.1 Å². The lowest BCUT2D eigenvalue weighted by Gasteiger charge is -2.26. The average Bonchev–Trinajstić information content (AvgIpc) is 2.95. The lowest BCUT2D eigenvalue weighted by molar-refractivity contribution is 0.104. The second kappa shape index (κ2) is 11.3. The summed E-state index contributed by atoms with van der Waals surface area (Å²) in [5.74, 6) is -2.74. The molecule has 0 aromatic heterocycles. The van der Waals surface area contributed by atoms with Crippen LogP contribution in [0.5, 0.6) is 11.5 Å². The fraction of sp³-hybridized carbons (Fsp3) is 0.258. The van der Waals surface area contributed by atoms with Gasteiger partial charge in [0.05, 0.1) is 12.7 Å². The summed E-state index contributed by atoms with van der Waals surface area (Å²) in [5, 5.41) is 1.12. The van der Waals surface area contributed by atoms with Crippen molar-refractivity contribution < 1.29 is 27.4 Å². The molecule has 1 aliphatic rings. The van der Waals surface area contributed by atoms with Gasteiger partial charge in [0.2, 0.25) is 0 Å². The van der Waals surface area contributed by atoms with Crippen LogP contribution in [0, 0.1) is 17.5 Å². The summed E-state index contributed by atoms with van der Waals surface area (Å²) in [6.07, 6.45) is 3.70. The molecule has 1 saturated heterocycles. The predicted octanol–water partition coefficient (Wildman–Crippen LogP) is 7.03. The van der Waals surface area contributed by atoms with E-state index >= 15 is 0 Å². The molecule has 4 nitrogen and oxygen atoms in total. The molecule has 5 rings (SSSR count). The summed E-state index contributed by atoms with van der Waals surface area (Å²) in [6.45, 7) is 3.56. The molecule has 0 spiro atoms. The first-order valence-corrected chi connectivity index (χ1v) is 12.7. The second-order valence-electron chi connectivity index (χ2n) is 9.40. The number of ketones is 1. The van der Waals surface area contributed by atoms with Crippen LogP contribution in [0.1, 0.15) is 35.2 Å². The Kier molecular flexibility index (Phi) is 7.65. The molecule has 0 amide bonds. The van der Waals surface area contributed by atoms with Crippen molar-refractivity contribution in [2.45, 2.75) is 19.3 Å². The van der Waals surface area contributed by atoms with E-state index in [1.807, 2.05) is 0 Å². The van der Waals surface area contributed by atoms with Gasteiger partial charge < -0.3 is 9.47 Å². The average molecular weight is 520 g/mol. The van der Waals surface area contributed by atoms with Gasteiger partial charge in [-0.25, -0.2) is 13.2 Å². The molecule has 0 atom stereocenters. The number of ether oxygens (including phenoxy) is 2. The molecule has 1 heterocycles. The van der Waals surface area contributed by atoms with Crippen molar-refractivity contribution in [2.24, 2.45) is 0 Å². The number of carbonyl (C=O) groups excluding carboxylic acids is 1. The molecule has 1 aliphatic heterocycles. The van der Waals surface area contributed by atoms with Crippen LogP contribution in [-0.4, -0.2) is 44.0 Å². The molecule has 196 valence electrons. The maximum absolute atomic E-state index is 14.9. The van der Waals surface area contributed by atoms with Gasteiger partial charge in [-0.05, 0) is 96.9 Å². The zero-order chi connectivity index (χ0) is 26.6. The molecule has 0 N–H and O–H groups in total. The Hall–Kier alpha value is -3.84. The van der Waals surface area contributed by atoms with E-state index < -0.39 is 28.8 Å². The van der Waals surface area contributed by atoms with Gasteiger partial charge in [-0.1, -0.05) is 18.6 Å². The number of fused-ring (bicyclic) bond motifs is 1. The van der Waals surface area contributed by atoms with Gasteiger partial charge in [0.15, 0.2) is 17.4 Å². The summed E-state index contributed by atoms with van der Waals surface area (Å²) >= 11 is 0.